The van der Waals surface area contributed by atoms with E-state index in [4.69, 9.17) is 21.3 Å². The van der Waals surface area contributed by atoms with E-state index < -0.39 is 0 Å². The normalized spacial score (nSPS) is 16.0. The molecule has 0 saturated carbocycles. The van der Waals surface area contributed by atoms with Crippen molar-refractivity contribution in [3.8, 4) is 5.75 Å². The van der Waals surface area contributed by atoms with E-state index >= 15 is 0 Å². The Kier molecular flexibility index (Phi) is 6.05. The number of aromatic nitrogens is 2. The third-order valence-electron chi connectivity index (χ3n) is 6.17. The van der Waals surface area contributed by atoms with Gasteiger partial charge in [-0.05, 0) is 61.4 Å². The molecule has 0 unspecified atom stereocenters. The summed E-state index contributed by atoms with van der Waals surface area (Å²) in [7, 11) is 0. The van der Waals surface area contributed by atoms with Gasteiger partial charge >= 0.3 is 0 Å². The van der Waals surface area contributed by atoms with Crippen LogP contribution in [0.15, 0.2) is 72.8 Å². The van der Waals surface area contributed by atoms with E-state index in [1.807, 2.05) is 78.6 Å². The molecule has 1 fully saturated rings. The fourth-order valence-electron chi connectivity index (χ4n) is 4.50. The molecule has 5 rings (SSSR count). The van der Waals surface area contributed by atoms with Crippen LogP contribution in [0.2, 0.25) is 5.02 Å². The summed E-state index contributed by atoms with van der Waals surface area (Å²) >= 11 is 6.19. The molecule has 0 radical (unpaired) electrons. The molecule has 1 amide bonds. The zero-order valence-electron chi connectivity index (χ0n) is 18.6. The summed E-state index contributed by atoms with van der Waals surface area (Å²) < 4.78 is 8.15. The summed E-state index contributed by atoms with van der Waals surface area (Å²) in [5.41, 5.74) is 3.92. The minimum absolute atomic E-state index is 0.0379. The van der Waals surface area contributed by atoms with Gasteiger partial charge in [-0.1, -0.05) is 41.9 Å². The van der Waals surface area contributed by atoms with Gasteiger partial charge in [-0.3, -0.25) is 4.79 Å². The highest BCUT2D eigenvalue weighted by molar-refractivity contribution is 6.31. The van der Waals surface area contributed by atoms with Crippen LogP contribution in [0, 0.1) is 6.92 Å². The number of anilines is 1. The lowest BCUT2D eigenvalue weighted by molar-refractivity contribution is -0.117. The number of carbonyl (C=O) groups is 1. The maximum absolute atomic E-state index is 12.9. The largest absolute Gasteiger partial charge is 0.494 e. The van der Waals surface area contributed by atoms with Gasteiger partial charge < -0.3 is 14.2 Å². The fraction of sp³-hybridized carbons (Fsp3) is 0.259. The maximum Gasteiger partial charge on any atom is 0.227 e. The Hall–Kier alpha value is -3.31. The van der Waals surface area contributed by atoms with Crippen molar-refractivity contribution >= 4 is 34.2 Å². The van der Waals surface area contributed by atoms with Crippen LogP contribution >= 0.6 is 11.6 Å². The number of rotatable bonds is 7. The molecular formula is C27H26ClN3O2. The van der Waals surface area contributed by atoms with Crippen molar-refractivity contribution in [1.29, 1.82) is 0 Å². The molecule has 1 atom stereocenters. The molecule has 0 bridgehead atoms. The topological polar surface area (TPSA) is 47.4 Å². The van der Waals surface area contributed by atoms with E-state index in [1.165, 1.54) is 0 Å². The summed E-state index contributed by atoms with van der Waals surface area (Å²) in [5, 5.41) is 0.710. The van der Waals surface area contributed by atoms with E-state index in [0.29, 0.717) is 24.6 Å². The Morgan fingerprint density at radius 3 is 2.67 bits per heavy atom. The smallest absolute Gasteiger partial charge is 0.227 e. The van der Waals surface area contributed by atoms with Crippen LogP contribution in [0.1, 0.15) is 30.1 Å². The molecule has 168 valence electrons. The monoisotopic (exact) mass is 459 g/mol. The molecule has 1 aliphatic heterocycles. The average Bonchev–Trinajstić information content (AvgIpc) is 3.40. The first-order valence-corrected chi connectivity index (χ1v) is 11.7. The van der Waals surface area contributed by atoms with Crippen LogP contribution < -0.4 is 9.64 Å². The predicted molar refractivity (Wildman–Crippen MR) is 132 cm³/mol. The van der Waals surface area contributed by atoms with Crippen molar-refractivity contribution in [2.24, 2.45) is 0 Å². The quantitative estimate of drug-likeness (QED) is 0.319. The lowest BCUT2D eigenvalue weighted by Gasteiger charge is -2.18. The first-order chi connectivity index (χ1) is 16.1. The average molecular weight is 460 g/mol. The predicted octanol–water partition coefficient (Wildman–Crippen LogP) is 5.99. The number of para-hydroxylation sites is 3. The third-order valence-corrected chi connectivity index (χ3v) is 6.59. The number of fused-ring (bicyclic) bond motifs is 1. The molecule has 4 aromatic rings. The molecule has 1 aromatic heterocycles. The third kappa shape index (κ3) is 4.46. The van der Waals surface area contributed by atoms with E-state index in [1.54, 1.807) is 0 Å². The zero-order valence-corrected chi connectivity index (χ0v) is 19.3. The van der Waals surface area contributed by atoms with E-state index in [-0.39, 0.29) is 11.8 Å². The summed E-state index contributed by atoms with van der Waals surface area (Å²) in [6.45, 7) is 3.98. The number of carbonyl (C=O) groups excluding carboxylic acids is 1. The second-order valence-corrected chi connectivity index (χ2v) is 8.87. The van der Waals surface area contributed by atoms with Crippen molar-refractivity contribution in [3.63, 3.8) is 0 Å². The number of hydrogen-bond acceptors (Lipinski definition) is 3. The zero-order chi connectivity index (χ0) is 22.8. The van der Waals surface area contributed by atoms with Gasteiger partial charge in [0.1, 0.15) is 11.6 Å². The van der Waals surface area contributed by atoms with Gasteiger partial charge in [0, 0.05) is 36.1 Å². The molecule has 2 heterocycles. The standard InChI is InChI=1S/C27H26ClN3O2/c1-19-16-21(12-13-23(19)28)31-18-20(17-26(31)32)27-29-24-10-5-6-11-25(24)30(27)14-7-15-33-22-8-3-2-4-9-22/h2-6,8-13,16,20H,7,14-15,17-18H2,1H3/t20-/m1/s1. The van der Waals surface area contributed by atoms with Crippen LogP contribution in [0.4, 0.5) is 5.69 Å². The van der Waals surface area contributed by atoms with E-state index in [2.05, 4.69) is 10.6 Å². The SMILES string of the molecule is Cc1cc(N2C[C@H](c3nc4ccccc4n3CCCOc3ccccc3)CC2=O)ccc1Cl. The highest BCUT2D eigenvalue weighted by Crippen LogP contribution is 2.34. The minimum atomic E-state index is 0.0379. The highest BCUT2D eigenvalue weighted by atomic mass is 35.5. The number of imidazole rings is 1. The van der Waals surface area contributed by atoms with Gasteiger partial charge in [0.25, 0.3) is 0 Å². The van der Waals surface area contributed by atoms with Crippen LogP contribution in [0.25, 0.3) is 11.0 Å². The molecule has 3 aromatic carbocycles. The lowest BCUT2D eigenvalue weighted by atomic mass is 10.1. The van der Waals surface area contributed by atoms with Gasteiger partial charge in [-0.15, -0.1) is 0 Å². The Balaban J connectivity index is 1.36. The number of aryl methyl sites for hydroxylation is 2. The molecule has 1 saturated heterocycles. The number of halogens is 1. The number of ether oxygens (including phenoxy) is 1. The van der Waals surface area contributed by atoms with Gasteiger partial charge in [0.2, 0.25) is 5.91 Å². The van der Waals surface area contributed by atoms with E-state index in [0.717, 1.165) is 46.8 Å². The van der Waals surface area contributed by atoms with Gasteiger partial charge in [0.05, 0.1) is 17.6 Å². The second-order valence-electron chi connectivity index (χ2n) is 8.46. The maximum atomic E-state index is 12.9. The number of amides is 1. The molecular weight excluding hydrogens is 434 g/mol. The summed E-state index contributed by atoms with van der Waals surface area (Å²) in [6.07, 6.45) is 1.30. The molecule has 5 nitrogen and oxygen atoms in total. The van der Waals surface area contributed by atoms with Crippen LogP contribution in [-0.2, 0) is 11.3 Å². The van der Waals surface area contributed by atoms with Crippen molar-refractivity contribution < 1.29 is 9.53 Å². The first-order valence-electron chi connectivity index (χ1n) is 11.3. The Morgan fingerprint density at radius 2 is 1.85 bits per heavy atom. The Morgan fingerprint density at radius 1 is 1.06 bits per heavy atom. The lowest BCUT2D eigenvalue weighted by Crippen LogP contribution is -2.24. The van der Waals surface area contributed by atoms with Gasteiger partial charge in [-0.2, -0.15) is 0 Å². The second kappa shape index (κ2) is 9.28. The number of hydrogen-bond donors (Lipinski definition) is 0. The molecule has 0 spiro atoms. The van der Waals surface area contributed by atoms with Crippen LogP contribution in [0.3, 0.4) is 0 Å². The van der Waals surface area contributed by atoms with Crippen molar-refractivity contribution in [3.05, 3.63) is 89.2 Å². The minimum Gasteiger partial charge on any atom is -0.494 e. The van der Waals surface area contributed by atoms with Crippen LogP contribution in [0.5, 0.6) is 5.75 Å². The Labute approximate surface area is 198 Å². The van der Waals surface area contributed by atoms with Crippen molar-refractivity contribution in [2.75, 3.05) is 18.1 Å². The number of nitrogens with zero attached hydrogens (tertiary/aromatic N) is 3. The van der Waals surface area contributed by atoms with E-state index in [9.17, 15) is 4.79 Å². The highest BCUT2D eigenvalue weighted by Gasteiger charge is 2.34. The van der Waals surface area contributed by atoms with Gasteiger partial charge in [-0.25, -0.2) is 4.98 Å². The summed E-state index contributed by atoms with van der Waals surface area (Å²) in [6, 6.07) is 23.8. The summed E-state index contributed by atoms with van der Waals surface area (Å²) in [4.78, 5) is 19.7. The summed E-state index contributed by atoms with van der Waals surface area (Å²) in [5.74, 6) is 2.00. The first kappa shape index (κ1) is 21.5. The Bertz CT molecular complexity index is 1290. The van der Waals surface area contributed by atoms with Gasteiger partial charge in [0.15, 0.2) is 0 Å². The molecule has 1 aliphatic rings. The van der Waals surface area contributed by atoms with Crippen molar-refractivity contribution in [2.45, 2.75) is 32.2 Å². The van der Waals surface area contributed by atoms with Crippen LogP contribution in [-0.4, -0.2) is 28.6 Å². The molecule has 33 heavy (non-hydrogen) atoms. The molecule has 6 heteroatoms. The number of benzene rings is 3. The molecule has 0 aliphatic carbocycles. The van der Waals surface area contributed by atoms with Crippen molar-refractivity contribution in [1.82, 2.24) is 9.55 Å². The molecule has 0 N–H and O–H groups in total. The fourth-order valence-corrected chi connectivity index (χ4v) is 4.61.